The number of anilines is 2. The maximum absolute atomic E-state index is 12.8. The molecule has 0 radical (unpaired) electrons. The summed E-state index contributed by atoms with van der Waals surface area (Å²) in [5, 5.41) is 13.2. The number of nitrogens with zero attached hydrogens (tertiary/aromatic N) is 2. The van der Waals surface area contributed by atoms with Gasteiger partial charge in [0.15, 0.2) is 11.5 Å². The Labute approximate surface area is 189 Å². The van der Waals surface area contributed by atoms with Crippen molar-refractivity contribution in [2.45, 2.75) is 11.3 Å². The number of benzene rings is 3. The zero-order chi connectivity index (χ0) is 22.8. The molecule has 0 saturated carbocycles. The zero-order valence-electron chi connectivity index (χ0n) is 17.2. The number of hydrogen-bond donors (Lipinski definition) is 3. The fraction of sp³-hybridized carbons (Fsp3) is 0.136. The number of aromatic amines is 1. The Morgan fingerprint density at radius 2 is 1.58 bits per heavy atom. The van der Waals surface area contributed by atoms with E-state index >= 15 is 0 Å². The molecular weight excluding hydrogens is 446 g/mol. The van der Waals surface area contributed by atoms with Crippen molar-refractivity contribution in [3.05, 3.63) is 66.2 Å². The van der Waals surface area contributed by atoms with Gasteiger partial charge in [0.25, 0.3) is 15.9 Å². The fourth-order valence-corrected chi connectivity index (χ4v) is 4.40. The molecule has 168 valence electrons. The van der Waals surface area contributed by atoms with Crippen molar-refractivity contribution in [1.82, 2.24) is 15.4 Å². The van der Waals surface area contributed by atoms with Gasteiger partial charge in [0.1, 0.15) is 11.0 Å². The third-order valence-corrected chi connectivity index (χ3v) is 6.38. The van der Waals surface area contributed by atoms with Gasteiger partial charge in [-0.3, -0.25) is 9.52 Å². The molecule has 0 aliphatic carbocycles. The van der Waals surface area contributed by atoms with E-state index in [1.54, 1.807) is 48.5 Å². The fourth-order valence-electron chi connectivity index (χ4n) is 3.33. The molecule has 4 aromatic rings. The maximum atomic E-state index is 12.8. The van der Waals surface area contributed by atoms with Crippen molar-refractivity contribution in [3.63, 3.8) is 0 Å². The highest BCUT2D eigenvalue weighted by Crippen LogP contribution is 2.32. The summed E-state index contributed by atoms with van der Waals surface area (Å²) in [5.41, 5.74) is 2.54. The smallest absolute Gasteiger partial charge is 0.262 e. The molecule has 11 heteroatoms. The lowest BCUT2D eigenvalue weighted by atomic mass is 10.2. The number of hydrogen-bond acceptors (Lipinski definition) is 7. The third kappa shape index (κ3) is 4.44. The molecule has 1 amide bonds. The van der Waals surface area contributed by atoms with E-state index in [4.69, 9.17) is 9.47 Å². The highest BCUT2D eigenvalue weighted by molar-refractivity contribution is 7.92. The number of sulfonamides is 1. The summed E-state index contributed by atoms with van der Waals surface area (Å²) in [6.45, 7) is 0.985. The van der Waals surface area contributed by atoms with E-state index in [2.05, 4.69) is 25.4 Å². The van der Waals surface area contributed by atoms with Gasteiger partial charge in [-0.1, -0.05) is 0 Å². The van der Waals surface area contributed by atoms with E-state index in [1.165, 1.54) is 12.1 Å². The van der Waals surface area contributed by atoms with Gasteiger partial charge < -0.3 is 14.8 Å². The summed E-state index contributed by atoms with van der Waals surface area (Å²) in [6.07, 6.45) is 0.729. The predicted molar refractivity (Wildman–Crippen MR) is 121 cm³/mol. The monoisotopic (exact) mass is 465 g/mol. The molecule has 33 heavy (non-hydrogen) atoms. The highest BCUT2D eigenvalue weighted by Gasteiger charge is 2.19. The third-order valence-electron chi connectivity index (χ3n) is 5.00. The second-order valence-electron chi connectivity index (χ2n) is 7.32. The van der Waals surface area contributed by atoms with E-state index in [1.807, 2.05) is 0 Å². The lowest BCUT2D eigenvalue weighted by Gasteiger charge is -2.12. The summed E-state index contributed by atoms with van der Waals surface area (Å²) in [6, 6.07) is 15.8. The van der Waals surface area contributed by atoms with Crippen LogP contribution in [0.4, 0.5) is 11.4 Å². The average molecular weight is 465 g/mol. The van der Waals surface area contributed by atoms with Crippen LogP contribution in [-0.4, -0.2) is 42.9 Å². The number of amides is 1. The SMILES string of the molecule is O=C(Nc1ccc(NS(=O)(=O)c2ccc3c(c2)OCCCO3)cc1)c1ccc2n[nH]nc2c1. The second kappa shape index (κ2) is 8.43. The standard InChI is InChI=1S/C22H19N5O5S/c28-22(14-2-8-18-19(12-14)25-27-24-18)23-15-3-5-16(6-4-15)26-33(29,30)17-7-9-20-21(13-17)32-11-1-10-31-20/h2-9,12-13,26H,1,10-11H2,(H,23,28)(H,24,25,27). The Kier molecular flexibility index (Phi) is 5.31. The summed E-state index contributed by atoms with van der Waals surface area (Å²) < 4.78 is 39.3. The van der Waals surface area contributed by atoms with E-state index < -0.39 is 10.0 Å². The number of aromatic nitrogens is 3. The van der Waals surface area contributed by atoms with Gasteiger partial charge in [-0.05, 0) is 54.6 Å². The molecule has 1 aliphatic rings. The minimum Gasteiger partial charge on any atom is -0.490 e. The second-order valence-corrected chi connectivity index (χ2v) is 9.01. The Morgan fingerprint density at radius 3 is 2.39 bits per heavy atom. The van der Waals surface area contributed by atoms with Crippen molar-refractivity contribution < 1.29 is 22.7 Å². The highest BCUT2D eigenvalue weighted by atomic mass is 32.2. The predicted octanol–water partition coefficient (Wildman–Crippen LogP) is 3.17. The van der Waals surface area contributed by atoms with Gasteiger partial charge >= 0.3 is 0 Å². The van der Waals surface area contributed by atoms with Gasteiger partial charge in [0.05, 0.1) is 18.1 Å². The number of fused-ring (bicyclic) bond motifs is 2. The van der Waals surface area contributed by atoms with Crippen LogP contribution in [-0.2, 0) is 10.0 Å². The quantitative estimate of drug-likeness (QED) is 0.412. The first-order valence-electron chi connectivity index (χ1n) is 10.1. The Morgan fingerprint density at radius 1 is 0.848 bits per heavy atom. The molecule has 1 aromatic heterocycles. The van der Waals surface area contributed by atoms with Crippen LogP contribution in [0.5, 0.6) is 11.5 Å². The molecule has 0 spiro atoms. The molecular formula is C22H19N5O5S. The first kappa shape index (κ1) is 20.8. The number of carbonyl (C=O) groups excluding carboxylic acids is 1. The van der Waals surface area contributed by atoms with Crippen LogP contribution in [0.2, 0.25) is 0 Å². The Hall–Kier alpha value is -4.12. The van der Waals surface area contributed by atoms with Gasteiger partial charge in [-0.15, -0.1) is 0 Å². The molecule has 10 nitrogen and oxygen atoms in total. The number of carbonyl (C=O) groups is 1. The molecule has 0 bridgehead atoms. The molecule has 3 N–H and O–H groups in total. The number of nitrogens with one attached hydrogen (secondary N) is 3. The number of H-pyrrole nitrogens is 1. The van der Waals surface area contributed by atoms with Crippen LogP contribution >= 0.6 is 0 Å². The van der Waals surface area contributed by atoms with Crippen molar-refractivity contribution >= 4 is 38.3 Å². The van der Waals surface area contributed by atoms with Crippen molar-refractivity contribution in [1.29, 1.82) is 0 Å². The average Bonchev–Trinajstić information content (AvgIpc) is 3.15. The molecule has 0 unspecified atom stereocenters. The molecule has 3 aromatic carbocycles. The number of rotatable bonds is 5. The first-order valence-corrected chi connectivity index (χ1v) is 11.6. The Bertz CT molecular complexity index is 1430. The van der Waals surface area contributed by atoms with Gasteiger partial charge in [0, 0.05) is 29.4 Å². The minimum atomic E-state index is -3.84. The minimum absolute atomic E-state index is 0.0624. The zero-order valence-corrected chi connectivity index (χ0v) is 18.1. The lowest BCUT2D eigenvalue weighted by Crippen LogP contribution is -2.14. The maximum Gasteiger partial charge on any atom is 0.262 e. The van der Waals surface area contributed by atoms with E-state index in [0.29, 0.717) is 52.7 Å². The summed E-state index contributed by atoms with van der Waals surface area (Å²) in [7, 11) is -3.84. The van der Waals surface area contributed by atoms with Gasteiger partial charge in [-0.25, -0.2) is 8.42 Å². The van der Waals surface area contributed by atoms with Crippen LogP contribution in [0.25, 0.3) is 11.0 Å². The molecule has 0 atom stereocenters. The van der Waals surface area contributed by atoms with Gasteiger partial charge in [0.2, 0.25) is 0 Å². The summed E-state index contributed by atoms with van der Waals surface area (Å²) >= 11 is 0. The molecule has 0 fully saturated rings. The lowest BCUT2D eigenvalue weighted by molar-refractivity contribution is 0.102. The van der Waals surface area contributed by atoms with Crippen molar-refractivity contribution in [2.75, 3.05) is 23.3 Å². The van der Waals surface area contributed by atoms with Gasteiger partial charge in [-0.2, -0.15) is 15.4 Å². The van der Waals surface area contributed by atoms with E-state index in [9.17, 15) is 13.2 Å². The van der Waals surface area contributed by atoms with E-state index in [-0.39, 0.29) is 10.8 Å². The molecule has 0 saturated heterocycles. The van der Waals surface area contributed by atoms with Crippen LogP contribution in [0.1, 0.15) is 16.8 Å². The van der Waals surface area contributed by atoms with Crippen LogP contribution < -0.4 is 19.5 Å². The largest absolute Gasteiger partial charge is 0.490 e. The number of ether oxygens (including phenoxy) is 2. The van der Waals surface area contributed by atoms with Crippen LogP contribution in [0.3, 0.4) is 0 Å². The van der Waals surface area contributed by atoms with Crippen LogP contribution in [0.15, 0.2) is 65.6 Å². The summed E-state index contributed by atoms with van der Waals surface area (Å²) in [4.78, 5) is 12.6. The van der Waals surface area contributed by atoms with E-state index in [0.717, 1.165) is 6.42 Å². The normalized spacial score (nSPS) is 13.3. The van der Waals surface area contributed by atoms with Crippen molar-refractivity contribution in [3.8, 4) is 11.5 Å². The molecule has 1 aliphatic heterocycles. The van der Waals surface area contributed by atoms with Crippen LogP contribution in [0, 0.1) is 0 Å². The molecule has 2 heterocycles. The Balaban J connectivity index is 1.28. The molecule has 5 rings (SSSR count). The van der Waals surface area contributed by atoms with Crippen molar-refractivity contribution in [2.24, 2.45) is 0 Å². The first-order chi connectivity index (χ1) is 16.0. The topological polar surface area (TPSA) is 135 Å². The summed E-state index contributed by atoms with van der Waals surface area (Å²) in [5.74, 6) is 0.604.